The highest BCUT2D eigenvalue weighted by Crippen LogP contribution is 2.37. The third kappa shape index (κ3) is 6.15. The molecule has 1 aliphatic rings. The number of fused-ring (bicyclic) bond motifs is 1. The Balaban J connectivity index is 1.56. The summed E-state index contributed by atoms with van der Waals surface area (Å²) in [5.41, 5.74) is -1.41. The fourth-order valence-corrected chi connectivity index (χ4v) is 4.77. The molecule has 40 heavy (non-hydrogen) atoms. The standard InChI is InChI=1S/C27H24F6N6O/c28-26(29,30)20-4-1-9-34-24(20)17-5-7-19-21(11-17)37-23(14-39-10-2-3-16(13-39)15-40)38-25(19)36-18-6-8-22(35-12-18)27(31,32)33/h1,4-9,11-12,16,40H,2-3,10,13-15H2,(H,36,37,38). The molecule has 7 nitrogen and oxygen atoms in total. The van der Waals surface area contributed by atoms with Crippen LogP contribution in [0.4, 0.5) is 37.8 Å². The third-order valence-corrected chi connectivity index (χ3v) is 6.67. The molecule has 1 aromatic carbocycles. The molecule has 13 heteroatoms. The molecule has 0 aliphatic carbocycles. The first-order valence-electron chi connectivity index (χ1n) is 12.5. The van der Waals surface area contributed by atoms with Gasteiger partial charge in [0, 0.05) is 30.3 Å². The summed E-state index contributed by atoms with van der Waals surface area (Å²) >= 11 is 0. The van der Waals surface area contributed by atoms with Crippen molar-refractivity contribution in [2.45, 2.75) is 31.7 Å². The Labute approximate surface area is 224 Å². The molecule has 0 amide bonds. The van der Waals surface area contributed by atoms with E-state index in [1.807, 2.05) is 0 Å². The number of alkyl halides is 6. The molecule has 4 aromatic rings. The van der Waals surface area contributed by atoms with Gasteiger partial charge in [0.05, 0.1) is 35.2 Å². The number of nitrogens with zero attached hydrogens (tertiary/aromatic N) is 5. The molecule has 1 aliphatic heterocycles. The van der Waals surface area contributed by atoms with Gasteiger partial charge in [0.2, 0.25) is 0 Å². The number of aromatic nitrogens is 4. The summed E-state index contributed by atoms with van der Waals surface area (Å²) in [6.45, 7) is 1.75. The Bertz CT molecular complexity index is 1490. The predicted molar refractivity (Wildman–Crippen MR) is 135 cm³/mol. The van der Waals surface area contributed by atoms with Crippen molar-refractivity contribution in [3.8, 4) is 11.3 Å². The van der Waals surface area contributed by atoms with Crippen LogP contribution in [0.3, 0.4) is 0 Å². The number of pyridine rings is 2. The van der Waals surface area contributed by atoms with E-state index in [1.165, 1.54) is 30.5 Å². The van der Waals surface area contributed by atoms with E-state index in [2.05, 4.69) is 30.2 Å². The molecule has 1 fully saturated rings. The summed E-state index contributed by atoms with van der Waals surface area (Å²) in [4.78, 5) is 18.7. The van der Waals surface area contributed by atoms with E-state index in [0.717, 1.165) is 37.7 Å². The van der Waals surface area contributed by atoms with E-state index in [1.54, 1.807) is 6.07 Å². The Kier molecular flexibility index (Phi) is 7.60. The largest absolute Gasteiger partial charge is 0.433 e. The quantitative estimate of drug-likeness (QED) is 0.276. The number of piperidine rings is 1. The van der Waals surface area contributed by atoms with Gasteiger partial charge in [-0.05, 0) is 61.7 Å². The molecular formula is C27H24F6N6O. The molecule has 3 aromatic heterocycles. The normalized spacial score (nSPS) is 16.8. The number of likely N-dealkylation sites (tertiary alicyclic amines) is 1. The SMILES string of the molecule is OCC1CCCN(Cc2nc(Nc3ccc(C(F)(F)F)nc3)c3ccc(-c4ncccc4C(F)(F)F)cc3n2)C1. The van der Waals surface area contributed by atoms with Crippen LogP contribution in [0, 0.1) is 5.92 Å². The van der Waals surface area contributed by atoms with Crippen LogP contribution in [0.1, 0.15) is 29.9 Å². The first-order valence-corrected chi connectivity index (χ1v) is 12.5. The van der Waals surface area contributed by atoms with Crippen LogP contribution in [0.5, 0.6) is 0 Å². The maximum absolute atomic E-state index is 13.7. The van der Waals surface area contributed by atoms with Gasteiger partial charge in [0.1, 0.15) is 17.3 Å². The van der Waals surface area contributed by atoms with Crippen molar-refractivity contribution < 1.29 is 31.4 Å². The first-order chi connectivity index (χ1) is 19.0. The highest BCUT2D eigenvalue weighted by Gasteiger charge is 2.34. The smallest absolute Gasteiger partial charge is 0.396 e. The molecule has 0 bridgehead atoms. The average Bonchev–Trinajstić information content (AvgIpc) is 2.92. The second-order valence-corrected chi connectivity index (χ2v) is 9.60. The van der Waals surface area contributed by atoms with E-state index < -0.39 is 23.6 Å². The minimum atomic E-state index is -4.62. The van der Waals surface area contributed by atoms with Crippen molar-refractivity contribution in [2.75, 3.05) is 25.0 Å². The molecule has 0 radical (unpaired) electrons. The summed E-state index contributed by atoms with van der Waals surface area (Å²) in [5, 5.41) is 13.0. The van der Waals surface area contributed by atoms with Crippen molar-refractivity contribution in [3.05, 3.63) is 71.9 Å². The van der Waals surface area contributed by atoms with Crippen molar-refractivity contribution in [3.63, 3.8) is 0 Å². The van der Waals surface area contributed by atoms with Gasteiger partial charge in [-0.2, -0.15) is 26.3 Å². The Hall–Kier alpha value is -3.84. The van der Waals surface area contributed by atoms with Crippen molar-refractivity contribution in [1.29, 1.82) is 0 Å². The van der Waals surface area contributed by atoms with Crippen LogP contribution < -0.4 is 5.32 Å². The summed E-state index contributed by atoms with van der Waals surface area (Å²) in [5.74, 6) is 0.741. The maximum atomic E-state index is 13.7. The van der Waals surface area contributed by atoms with Crippen molar-refractivity contribution in [1.82, 2.24) is 24.8 Å². The molecule has 1 saturated heterocycles. The van der Waals surface area contributed by atoms with Crippen LogP contribution in [-0.2, 0) is 18.9 Å². The molecule has 0 spiro atoms. The van der Waals surface area contributed by atoms with Gasteiger partial charge < -0.3 is 10.4 Å². The summed E-state index contributed by atoms with van der Waals surface area (Å²) in [7, 11) is 0. The van der Waals surface area contributed by atoms with Gasteiger partial charge in [-0.15, -0.1) is 0 Å². The number of nitrogens with one attached hydrogen (secondary N) is 1. The molecule has 2 N–H and O–H groups in total. The fraction of sp³-hybridized carbons (Fsp3) is 0.333. The van der Waals surface area contributed by atoms with Gasteiger partial charge in [-0.25, -0.2) is 15.0 Å². The summed E-state index contributed by atoms with van der Waals surface area (Å²) < 4.78 is 79.9. The number of rotatable bonds is 6. The molecule has 5 rings (SSSR count). The van der Waals surface area contributed by atoms with Gasteiger partial charge in [-0.3, -0.25) is 9.88 Å². The Morgan fingerprint density at radius 3 is 2.50 bits per heavy atom. The van der Waals surface area contributed by atoms with Gasteiger partial charge in [-0.1, -0.05) is 6.07 Å². The van der Waals surface area contributed by atoms with Crippen LogP contribution in [0.25, 0.3) is 22.2 Å². The molecule has 1 unspecified atom stereocenters. The predicted octanol–water partition coefficient (Wildman–Crippen LogP) is 6.07. The first kappa shape index (κ1) is 27.7. The lowest BCUT2D eigenvalue weighted by atomic mass is 9.99. The van der Waals surface area contributed by atoms with Gasteiger partial charge >= 0.3 is 12.4 Å². The number of anilines is 2. The van der Waals surface area contributed by atoms with Crippen molar-refractivity contribution in [2.24, 2.45) is 5.92 Å². The third-order valence-electron chi connectivity index (χ3n) is 6.67. The Morgan fingerprint density at radius 1 is 0.975 bits per heavy atom. The van der Waals surface area contributed by atoms with E-state index >= 15 is 0 Å². The van der Waals surface area contributed by atoms with E-state index in [0.29, 0.717) is 29.8 Å². The zero-order valence-corrected chi connectivity index (χ0v) is 21.0. The second-order valence-electron chi connectivity index (χ2n) is 9.60. The number of hydrogen-bond donors (Lipinski definition) is 2. The summed E-state index contributed by atoms with van der Waals surface area (Å²) in [6, 6.07) is 8.73. The molecule has 210 valence electrons. The zero-order valence-electron chi connectivity index (χ0n) is 21.0. The minimum Gasteiger partial charge on any atom is -0.396 e. The van der Waals surface area contributed by atoms with Crippen molar-refractivity contribution >= 4 is 22.4 Å². The second kappa shape index (κ2) is 11.0. The number of aliphatic hydroxyl groups is 1. The monoisotopic (exact) mass is 562 g/mol. The number of hydrogen-bond acceptors (Lipinski definition) is 7. The number of halogens is 6. The van der Waals surface area contributed by atoms with E-state index in [-0.39, 0.29) is 35.3 Å². The van der Waals surface area contributed by atoms with Gasteiger partial charge in [0.15, 0.2) is 0 Å². The molecule has 0 saturated carbocycles. The van der Waals surface area contributed by atoms with E-state index in [9.17, 15) is 31.4 Å². The summed E-state index contributed by atoms with van der Waals surface area (Å²) in [6.07, 6.45) is -5.12. The highest BCUT2D eigenvalue weighted by atomic mass is 19.4. The molecular weight excluding hydrogens is 538 g/mol. The lowest BCUT2D eigenvalue weighted by Crippen LogP contribution is -2.36. The lowest BCUT2D eigenvalue weighted by Gasteiger charge is -2.31. The maximum Gasteiger partial charge on any atom is 0.433 e. The average molecular weight is 563 g/mol. The van der Waals surface area contributed by atoms with Crippen LogP contribution >= 0.6 is 0 Å². The fourth-order valence-electron chi connectivity index (χ4n) is 4.77. The van der Waals surface area contributed by atoms with Crippen LogP contribution in [0.2, 0.25) is 0 Å². The van der Waals surface area contributed by atoms with E-state index in [4.69, 9.17) is 0 Å². The molecule has 1 atom stereocenters. The number of benzene rings is 1. The van der Waals surface area contributed by atoms with Crippen LogP contribution in [-0.4, -0.2) is 49.6 Å². The highest BCUT2D eigenvalue weighted by molar-refractivity contribution is 5.93. The molecule has 4 heterocycles. The Morgan fingerprint density at radius 2 is 1.80 bits per heavy atom. The van der Waals surface area contributed by atoms with Crippen LogP contribution in [0.15, 0.2) is 54.9 Å². The topological polar surface area (TPSA) is 87.1 Å². The zero-order chi connectivity index (χ0) is 28.5. The van der Waals surface area contributed by atoms with Gasteiger partial charge in [0.25, 0.3) is 0 Å². The minimum absolute atomic E-state index is 0.0534. The lowest BCUT2D eigenvalue weighted by molar-refractivity contribution is -0.141. The number of aliphatic hydroxyl groups excluding tert-OH is 1.